The molecule has 1 heterocycles. The standard InChI is InChI=1S/C20H21ClN2O3/c1-2-14-11-17(8-9-18(14)21)26-13-19(24)22-15-5-3-6-16(12-15)23-10-4-7-20(23)25/h3,5-6,8-9,11-12H,2,4,7,10,13H2,1H3,(H,22,24). The van der Waals surface area contributed by atoms with E-state index in [1.807, 2.05) is 25.1 Å². The number of hydrogen-bond acceptors (Lipinski definition) is 3. The van der Waals surface area contributed by atoms with Gasteiger partial charge in [0, 0.05) is 29.4 Å². The lowest BCUT2D eigenvalue weighted by atomic mass is 10.1. The van der Waals surface area contributed by atoms with Crippen molar-refractivity contribution in [1.82, 2.24) is 0 Å². The summed E-state index contributed by atoms with van der Waals surface area (Å²) in [5.41, 5.74) is 2.42. The van der Waals surface area contributed by atoms with Crippen molar-refractivity contribution >= 4 is 34.8 Å². The maximum Gasteiger partial charge on any atom is 0.262 e. The summed E-state index contributed by atoms with van der Waals surface area (Å²) in [6.45, 7) is 2.63. The van der Waals surface area contributed by atoms with Crippen molar-refractivity contribution in [2.45, 2.75) is 26.2 Å². The quantitative estimate of drug-likeness (QED) is 0.832. The lowest BCUT2D eigenvalue weighted by Gasteiger charge is -2.17. The Morgan fingerprint density at radius 3 is 2.85 bits per heavy atom. The number of carbonyl (C=O) groups excluding carboxylic acids is 2. The molecule has 1 fully saturated rings. The van der Waals surface area contributed by atoms with Gasteiger partial charge in [-0.25, -0.2) is 0 Å². The van der Waals surface area contributed by atoms with E-state index in [9.17, 15) is 9.59 Å². The van der Waals surface area contributed by atoms with E-state index in [2.05, 4.69) is 5.32 Å². The second kappa shape index (κ2) is 8.23. The van der Waals surface area contributed by atoms with E-state index in [1.54, 1.807) is 29.2 Å². The molecule has 0 aromatic heterocycles. The van der Waals surface area contributed by atoms with Crippen LogP contribution in [0.15, 0.2) is 42.5 Å². The molecule has 1 saturated heterocycles. The Kier molecular flexibility index (Phi) is 5.78. The highest BCUT2D eigenvalue weighted by Gasteiger charge is 2.21. The third-order valence-electron chi connectivity index (χ3n) is 4.28. The largest absolute Gasteiger partial charge is 0.484 e. The molecule has 2 amide bonds. The number of carbonyl (C=O) groups is 2. The summed E-state index contributed by atoms with van der Waals surface area (Å²) in [6.07, 6.45) is 2.24. The summed E-state index contributed by atoms with van der Waals surface area (Å²) < 4.78 is 5.55. The summed E-state index contributed by atoms with van der Waals surface area (Å²) >= 11 is 6.08. The van der Waals surface area contributed by atoms with Gasteiger partial charge in [0.2, 0.25) is 5.91 Å². The lowest BCUT2D eigenvalue weighted by molar-refractivity contribution is -0.118. The van der Waals surface area contributed by atoms with E-state index in [0.717, 1.165) is 30.6 Å². The van der Waals surface area contributed by atoms with Crippen LogP contribution in [0.1, 0.15) is 25.3 Å². The molecule has 2 aromatic rings. The zero-order chi connectivity index (χ0) is 18.5. The first kappa shape index (κ1) is 18.3. The number of anilines is 2. The third-order valence-corrected chi connectivity index (χ3v) is 4.65. The van der Waals surface area contributed by atoms with Crippen LogP contribution in [0.4, 0.5) is 11.4 Å². The van der Waals surface area contributed by atoms with Crippen molar-refractivity contribution in [2.75, 3.05) is 23.4 Å². The number of hydrogen-bond donors (Lipinski definition) is 1. The average molecular weight is 373 g/mol. The Labute approximate surface area is 157 Å². The van der Waals surface area contributed by atoms with Gasteiger partial charge in [0.15, 0.2) is 6.61 Å². The van der Waals surface area contributed by atoms with E-state index in [1.165, 1.54) is 0 Å². The second-order valence-corrected chi connectivity index (χ2v) is 6.55. The smallest absolute Gasteiger partial charge is 0.262 e. The Balaban J connectivity index is 1.59. The molecule has 3 rings (SSSR count). The fourth-order valence-electron chi connectivity index (χ4n) is 2.93. The molecule has 1 N–H and O–H groups in total. The summed E-state index contributed by atoms with van der Waals surface area (Å²) in [7, 11) is 0. The van der Waals surface area contributed by atoms with Crippen LogP contribution in [0.25, 0.3) is 0 Å². The second-order valence-electron chi connectivity index (χ2n) is 6.14. The van der Waals surface area contributed by atoms with Crippen LogP contribution in [0, 0.1) is 0 Å². The molecular formula is C20H21ClN2O3. The molecule has 0 radical (unpaired) electrons. The van der Waals surface area contributed by atoms with Crippen LogP contribution in [0.3, 0.4) is 0 Å². The first-order valence-corrected chi connectivity index (χ1v) is 9.06. The number of aryl methyl sites for hydroxylation is 1. The van der Waals surface area contributed by atoms with Crippen molar-refractivity contribution in [2.24, 2.45) is 0 Å². The van der Waals surface area contributed by atoms with E-state index in [4.69, 9.17) is 16.3 Å². The highest BCUT2D eigenvalue weighted by atomic mass is 35.5. The molecular weight excluding hydrogens is 352 g/mol. The van der Waals surface area contributed by atoms with Gasteiger partial charge in [-0.1, -0.05) is 24.6 Å². The van der Waals surface area contributed by atoms with Crippen LogP contribution in [0.2, 0.25) is 5.02 Å². The molecule has 0 aliphatic carbocycles. The number of nitrogens with zero attached hydrogens (tertiary/aromatic N) is 1. The Bertz CT molecular complexity index is 822. The number of rotatable bonds is 6. The fourth-order valence-corrected chi connectivity index (χ4v) is 3.18. The van der Waals surface area contributed by atoms with Gasteiger partial charge >= 0.3 is 0 Å². The van der Waals surface area contributed by atoms with E-state index >= 15 is 0 Å². The van der Waals surface area contributed by atoms with Crippen LogP contribution < -0.4 is 15.0 Å². The van der Waals surface area contributed by atoms with Crippen molar-refractivity contribution in [3.05, 3.63) is 53.1 Å². The molecule has 0 atom stereocenters. The van der Waals surface area contributed by atoms with Gasteiger partial charge in [-0.05, 0) is 54.8 Å². The number of nitrogens with one attached hydrogen (secondary N) is 1. The average Bonchev–Trinajstić information content (AvgIpc) is 3.07. The first-order chi connectivity index (χ1) is 12.6. The van der Waals surface area contributed by atoms with Crippen LogP contribution in [0.5, 0.6) is 5.75 Å². The first-order valence-electron chi connectivity index (χ1n) is 8.68. The predicted octanol–water partition coefficient (Wildman–Crippen LogP) is 4.05. The summed E-state index contributed by atoms with van der Waals surface area (Å²) in [4.78, 5) is 25.8. The van der Waals surface area contributed by atoms with Crippen LogP contribution in [-0.4, -0.2) is 25.0 Å². The van der Waals surface area contributed by atoms with E-state index < -0.39 is 0 Å². The highest BCUT2D eigenvalue weighted by molar-refractivity contribution is 6.31. The Morgan fingerprint density at radius 1 is 1.27 bits per heavy atom. The van der Waals surface area contributed by atoms with Crippen LogP contribution >= 0.6 is 11.6 Å². The predicted molar refractivity (Wildman–Crippen MR) is 103 cm³/mol. The van der Waals surface area contributed by atoms with Gasteiger partial charge in [-0.3, -0.25) is 9.59 Å². The minimum Gasteiger partial charge on any atom is -0.484 e. The minimum absolute atomic E-state index is 0.0995. The molecule has 6 heteroatoms. The van der Waals surface area contributed by atoms with E-state index in [-0.39, 0.29) is 18.4 Å². The molecule has 5 nitrogen and oxygen atoms in total. The number of benzene rings is 2. The Morgan fingerprint density at radius 2 is 2.12 bits per heavy atom. The van der Waals surface area contributed by atoms with Crippen molar-refractivity contribution in [3.63, 3.8) is 0 Å². The number of halogens is 1. The van der Waals surface area contributed by atoms with Gasteiger partial charge in [-0.15, -0.1) is 0 Å². The highest BCUT2D eigenvalue weighted by Crippen LogP contribution is 2.25. The molecule has 0 saturated carbocycles. The van der Waals surface area contributed by atoms with Gasteiger partial charge in [-0.2, -0.15) is 0 Å². The van der Waals surface area contributed by atoms with Crippen molar-refractivity contribution in [1.29, 1.82) is 0 Å². The molecule has 136 valence electrons. The topological polar surface area (TPSA) is 58.6 Å². The van der Waals surface area contributed by atoms with E-state index in [0.29, 0.717) is 22.9 Å². The van der Waals surface area contributed by atoms with Crippen molar-refractivity contribution < 1.29 is 14.3 Å². The molecule has 26 heavy (non-hydrogen) atoms. The maximum atomic E-state index is 12.2. The molecule has 1 aliphatic rings. The van der Waals surface area contributed by atoms with Crippen LogP contribution in [-0.2, 0) is 16.0 Å². The summed E-state index contributed by atoms with van der Waals surface area (Å²) in [5, 5.41) is 3.50. The lowest BCUT2D eigenvalue weighted by Crippen LogP contribution is -2.24. The number of ether oxygens (including phenoxy) is 1. The minimum atomic E-state index is -0.261. The summed E-state index contributed by atoms with van der Waals surface area (Å²) in [5.74, 6) is 0.465. The monoisotopic (exact) mass is 372 g/mol. The molecule has 0 unspecified atom stereocenters. The normalized spacial score (nSPS) is 13.8. The summed E-state index contributed by atoms with van der Waals surface area (Å²) in [6, 6.07) is 12.6. The van der Waals surface area contributed by atoms with Crippen molar-refractivity contribution in [3.8, 4) is 5.75 Å². The fraction of sp³-hybridized carbons (Fsp3) is 0.300. The molecule has 0 bridgehead atoms. The molecule has 0 spiro atoms. The zero-order valence-electron chi connectivity index (χ0n) is 14.6. The van der Waals surface area contributed by atoms with Gasteiger partial charge in [0.1, 0.15) is 5.75 Å². The Hall–Kier alpha value is -2.53. The van der Waals surface area contributed by atoms with Gasteiger partial charge < -0.3 is 15.0 Å². The third kappa shape index (κ3) is 4.35. The molecule has 2 aromatic carbocycles. The molecule has 1 aliphatic heterocycles. The van der Waals surface area contributed by atoms with Gasteiger partial charge in [0.25, 0.3) is 5.91 Å². The maximum absolute atomic E-state index is 12.2. The number of amides is 2. The SMILES string of the molecule is CCc1cc(OCC(=O)Nc2cccc(N3CCCC3=O)c2)ccc1Cl. The zero-order valence-corrected chi connectivity index (χ0v) is 15.4. The van der Waals surface area contributed by atoms with Gasteiger partial charge in [0.05, 0.1) is 0 Å².